The highest BCUT2D eigenvalue weighted by atomic mass is 32.2. The van der Waals surface area contributed by atoms with Crippen molar-refractivity contribution in [1.82, 2.24) is 4.90 Å². The molecule has 0 aliphatic carbocycles. The number of anilines is 1. The van der Waals surface area contributed by atoms with Crippen LogP contribution in [0.4, 0.5) is 10.1 Å². The zero-order chi connectivity index (χ0) is 23.0. The molecule has 0 spiro atoms. The number of carbonyl (C=O) groups is 2. The SMILES string of the molecule is CSC1(C(C)C)C(=O)N(C(C)N2CCC(C(=O)c3ccc(F)cc3)CC2)c2ccccc21. The van der Waals surface area contributed by atoms with Crippen LogP contribution in [0.2, 0.25) is 0 Å². The number of nitrogens with zero attached hydrogens (tertiary/aromatic N) is 2. The number of hydrogen-bond donors (Lipinski definition) is 0. The molecule has 6 heteroatoms. The van der Waals surface area contributed by atoms with Crippen molar-refractivity contribution in [3.8, 4) is 0 Å². The molecule has 2 unspecified atom stereocenters. The van der Waals surface area contributed by atoms with Gasteiger partial charge in [-0.15, -0.1) is 11.8 Å². The lowest BCUT2D eigenvalue weighted by molar-refractivity contribution is -0.122. The maximum absolute atomic E-state index is 13.8. The Hall–Kier alpha value is -2.18. The van der Waals surface area contributed by atoms with Crippen LogP contribution in [-0.4, -0.2) is 42.1 Å². The number of likely N-dealkylation sites (tertiary alicyclic amines) is 1. The molecule has 170 valence electrons. The van der Waals surface area contributed by atoms with Crippen molar-refractivity contribution in [2.75, 3.05) is 24.2 Å². The monoisotopic (exact) mass is 454 g/mol. The second kappa shape index (κ2) is 8.99. The van der Waals surface area contributed by atoms with Crippen molar-refractivity contribution in [1.29, 1.82) is 0 Å². The average molecular weight is 455 g/mol. The molecule has 0 radical (unpaired) electrons. The largest absolute Gasteiger partial charge is 0.295 e. The number of amides is 1. The molecular weight excluding hydrogens is 423 g/mol. The van der Waals surface area contributed by atoms with Gasteiger partial charge in [0.25, 0.3) is 0 Å². The van der Waals surface area contributed by atoms with Gasteiger partial charge in [-0.25, -0.2) is 4.39 Å². The molecule has 0 aromatic heterocycles. The van der Waals surface area contributed by atoms with E-state index in [9.17, 15) is 14.0 Å². The lowest BCUT2D eigenvalue weighted by Gasteiger charge is -2.40. The Balaban J connectivity index is 1.51. The molecule has 0 saturated carbocycles. The second-order valence-corrected chi connectivity index (χ2v) is 10.2. The van der Waals surface area contributed by atoms with Crippen molar-refractivity contribution in [3.05, 3.63) is 65.5 Å². The molecule has 1 amide bonds. The topological polar surface area (TPSA) is 40.6 Å². The van der Waals surface area contributed by atoms with Crippen LogP contribution in [-0.2, 0) is 9.54 Å². The summed E-state index contributed by atoms with van der Waals surface area (Å²) in [6.45, 7) is 7.82. The lowest BCUT2D eigenvalue weighted by atomic mass is 9.88. The fourth-order valence-electron chi connectivity index (χ4n) is 5.31. The van der Waals surface area contributed by atoms with Gasteiger partial charge in [-0.1, -0.05) is 32.0 Å². The third-order valence-electron chi connectivity index (χ3n) is 7.17. The molecule has 32 heavy (non-hydrogen) atoms. The highest BCUT2D eigenvalue weighted by Gasteiger charge is 2.54. The maximum Gasteiger partial charge on any atom is 0.249 e. The molecule has 2 atom stereocenters. The minimum atomic E-state index is -0.568. The van der Waals surface area contributed by atoms with Crippen LogP contribution in [0.15, 0.2) is 48.5 Å². The Morgan fingerprint density at radius 1 is 1.06 bits per heavy atom. The molecule has 1 fully saturated rings. The van der Waals surface area contributed by atoms with Crippen molar-refractivity contribution in [3.63, 3.8) is 0 Å². The van der Waals surface area contributed by atoms with Crippen LogP contribution in [0.5, 0.6) is 0 Å². The van der Waals surface area contributed by atoms with Gasteiger partial charge in [-0.05, 0) is 62.3 Å². The first-order valence-electron chi connectivity index (χ1n) is 11.3. The van der Waals surface area contributed by atoms with Gasteiger partial charge in [0, 0.05) is 30.1 Å². The van der Waals surface area contributed by atoms with Crippen LogP contribution in [0.25, 0.3) is 0 Å². The van der Waals surface area contributed by atoms with E-state index in [4.69, 9.17) is 0 Å². The number of para-hydroxylation sites is 1. The van der Waals surface area contributed by atoms with Gasteiger partial charge in [0.1, 0.15) is 10.6 Å². The number of hydrogen-bond acceptors (Lipinski definition) is 4. The van der Waals surface area contributed by atoms with E-state index in [1.165, 1.54) is 12.1 Å². The number of piperidine rings is 1. The van der Waals surface area contributed by atoms with E-state index in [1.54, 1.807) is 23.9 Å². The van der Waals surface area contributed by atoms with Gasteiger partial charge >= 0.3 is 0 Å². The molecule has 1 saturated heterocycles. The first-order chi connectivity index (χ1) is 15.3. The number of thioether (sulfide) groups is 1. The predicted molar refractivity (Wildman–Crippen MR) is 128 cm³/mol. The number of benzene rings is 2. The summed E-state index contributed by atoms with van der Waals surface area (Å²) in [5, 5.41) is 0. The van der Waals surface area contributed by atoms with E-state index in [2.05, 4.69) is 37.8 Å². The molecule has 2 aromatic rings. The van der Waals surface area contributed by atoms with Crippen molar-refractivity contribution in [2.24, 2.45) is 11.8 Å². The van der Waals surface area contributed by atoms with Crippen molar-refractivity contribution in [2.45, 2.75) is 44.5 Å². The Kier molecular flexibility index (Phi) is 6.46. The summed E-state index contributed by atoms with van der Waals surface area (Å²) in [5.74, 6) is 0.0108. The predicted octanol–water partition coefficient (Wildman–Crippen LogP) is 5.33. The minimum Gasteiger partial charge on any atom is -0.295 e. The summed E-state index contributed by atoms with van der Waals surface area (Å²) >= 11 is 1.63. The second-order valence-electron chi connectivity index (χ2n) is 9.10. The molecule has 2 aromatic carbocycles. The third kappa shape index (κ3) is 3.67. The fraction of sp³-hybridized carbons (Fsp3) is 0.462. The van der Waals surface area contributed by atoms with E-state index in [0.717, 1.165) is 37.2 Å². The van der Waals surface area contributed by atoms with Gasteiger partial charge in [0.2, 0.25) is 5.91 Å². The Bertz CT molecular complexity index is 1000. The van der Waals surface area contributed by atoms with E-state index >= 15 is 0 Å². The normalized spacial score (nSPS) is 22.9. The van der Waals surface area contributed by atoms with Crippen LogP contribution in [0, 0.1) is 17.7 Å². The highest BCUT2D eigenvalue weighted by Crippen LogP contribution is 2.53. The summed E-state index contributed by atoms with van der Waals surface area (Å²) in [4.78, 5) is 30.9. The first-order valence-corrected chi connectivity index (χ1v) is 12.6. The van der Waals surface area contributed by atoms with Crippen LogP contribution >= 0.6 is 11.8 Å². The summed E-state index contributed by atoms with van der Waals surface area (Å²) < 4.78 is 12.6. The van der Waals surface area contributed by atoms with E-state index in [-0.39, 0.29) is 35.5 Å². The quantitative estimate of drug-likeness (QED) is 0.554. The average Bonchev–Trinajstić information content (AvgIpc) is 3.07. The van der Waals surface area contributed by atoms with Gasteiger partial charge in [0.15, 0.2) is 5.78 Å². The maximum atomic E-state index is 13.8. The standard InChI is InChI=1S/C26H31FN2O2S/c1-17(2)26(32-4)22-7-5-6-8-23(22)29(25(26)31)18(3)28-15-13-20(14-16-28)24(30)19-9-11-21(27)12-10-19/h5-12,17-18,20H,13-16H2,1-4H3. The Labute approximate surface area is 194 Å². The molecule has 0 bridgehead atoms. The summed E-state index contributed by atoms with van der Waals surface area (Å²) in [5.41, 5.74) is 2.67. The van der Waals surface area contributed by atoms with E-state index in [1.807, 2.05) is 23.3 Å². The van der Waals surface area contributed by atoms with Gasteiger partial charge in [-0.3, -0.25) is 19.4 Å². The zero-order valence-electron chi connectivity index (χ0n) is 19.2. The first kappa shape index (κ1) is 23.0. The number of Topliss-reactive ketones (excluding diaryl/α,β-unsaturated/α-hetero) is 1. The van der Waals surface area contributed by atoms with Crippen LogP contribution < -0.4 is 4.90 Å². The Morgan fingerprint density at radius 2 is 1.69 bits per heavy atom. The van der Waals surface area contributed by atoms with E-state index < -0.39 is 4.75 Å². The summed E-state index contributed by atoms with van der Waals surface area (Å²) in [7, 11) is 0. The molecular formula is C26H31FN2O2S. The van der Waals surface area contributed by atoms with Gasteiger partial charge < -0.3 is 0 Å². The van der Waals surface area contributed by atoms with Crippen molar-refractivity contribution < 1.29 is 14.0 Å². The molecule has 2 heterocycles. The third-order valence-corrected chi connectivity index (χ3v) is 8.68. The number of rotatable bonds is 6. The smallest absolute Gasteiger partial charge is 0.249 e. The van der Waals surface area contributed by atoms with Crippen LogP contribution in [0.3, 0.4) is 0 Å². The number of carbonyl (C=O) groups excluding carboxylic acids is 2. The molecule has 4 rings (SSSR count). The highest BCUT2D eigenvalue weighted by molar-refractivity contribution is 8.00. The Morgan fingerprint density at radius 3 is 2.28 bits per heavy atom. The zero-order valence-corrected chi connectivity index (χ0v) is 20.0. The van der Waals surface area contributed by atoms with Gasteiger partial charge in [0.05, 0.1) is 11.9 Å². The summed E-state index contributed by atoms with van der Waals surface area (Å²) in [6.07, 6.45) is 3.41. The molecule has 2 aliphatic heterocycles. The number of halogens is 1. The fourth-order valence-corrected chi connectivity index (χ4v) is 6.45. The molecule has 0 N–H and O–H groups in total. The molecule has 4 nitrogen and oxygen atoms in total. The molecule has 2 aliphatic rings. The van der Waals surface area contributed by atoms with Gasteiger partial charge in [-0.2, -0.15) is 0 Å². The van der Waals surface area contributed by atoms with Crippen molar-refractivity contribution >= 4 is 29.1 Å². The van der Waals surface area contributed by atoms with E-state index in [0.29, 0.717) is 5.56 Å². The van der Waals surface area contributed by atoms with Crippen LogP contribution in [0.1, 0.15) is 49.5 Å². The number of ketones is 1. The summed E-state index contributed by atoms with van der Waals surface area (Å²) in [6, 6.07) is 14.0. The number of fused-ring (bicyclic) bond motifs is 1. The lowest BCUT2D eigenvalue weighted by Crippen LogP contribution is -2.54. The minimum absolute atomic E-state index is 0.0635.